The van der Waals surface area contributed by atoms with Crippen molar-refractivity contribution in [3.05, 3.63) is 64.4 Å². The fourth-order valence-electron chi connectivity index (χ4n) is 2.31. The van der Waals surface area contributed by atoms with Gasteiger partial charge in [0.2, 0.25) is 0 Å². The molecule has 21 heavy (non-hydrogen) atoms. The summed E-state index contributed by atoms with van der Waals surface area (Å²) in [5.74, 6) is 0.516. The van der Waals surface area contributed by atoms with Crippen molar-refractivity contribution in [1.82, 2.24) is 5.32 Å². The molecule has 0 heterocycles. The van der Waals surface area contributed by atoms with Crippen LogP contribution < -0.4 is 10.1 Å². The van der Waals surface area contributed by atoms with Crippen molar-refractivity contribution in [2.75, 3.05) is 13.7 Å². The van der Waals surface area contributed by atoms with Crippen LogP contribution in [-0.4, -0.2) is 13.7 Å². The number of hydrogen-bond donors (Lipinski definition) is 1. The van der Waals surface area contributed by atoms with Gasteiger partial charge in [-0.2, -0.15) is 0 Å². The number of halogens is 2. The molecule has 0 aliphatic rings. The molecule has 0 aromatic heterocycles. The standard InChI is InChI=1S/C17H19ClFNO/c1-3-20-17(10-12-4-6-13(19)7-5-12)15-9-8-14(21-2)11-16(15)18/h4-9,11,17,20H,3,10H2,1-2H3. The lowest BCUT2D eigenvalue weighted by molar-refractivity contribution is 0.414. The Balaban J connectivity index is 2.24. The van der Waals surface area contributed by atoms with Gasteiger partial charge in [0.05, 0.1) is 7.11 Å². The van der Waals surface area contributed by atoms with Gasteiger partial charge < -0.3 is 10.1 Å². The normalized spacial score (nSPS) is 12.2. The van der Waals surface area contributed by atoms with Gasteiger partial charge in [-0.25, -0.2) is 4.39 Å². The third-order valence-corrected chi connectivity index (χ3v) is 3.71. The van der Waals surface area contributed by atoms with Gasteiger partial charge in [0, 0.05) is 11.1 Å². The molecule has 0 amide bonds. The summed E-state index contributed by atoms with van der Waals surface area (Å²) < 4.78 is 18.2. The van der Waals surface area contributed by atoms with Gasteiger partial charge in [0.15, 0.2) is 0 Å². The van der Waals surface area contributed by atoms with Gasteiger partial charge in [0.1, 0.15) is 11.6 Å². The van der Waals surface area contributed by atoms with E-state index in [1.807, 2.05) is 18.2 Å². The lowest BCUT2D eigenvalue weighted by Gasteiger charge is -2.20. The molecule has 2 nitrogen and oxygen atoms in total. The van der Waals surface area contributed by atoms with E-state index >= 15 is 0 Å². The maximum Gasteiger partial charge on any atom is 0.123 e. The highest BCUT2D eigenvalue weighted by Crippen LogP contribution is 2.29. The Bertz CT molecular complexity index is 586. The van der Waals surface area contributed by atoms with Crippen molar-refractivity contribution >= 4 is 11.6 Å². The molecule has 2 aromatic rings. The van der Waals surface area contributed by atoms with E-state index in [9.17, 15) is 4.39 Å². The van der Waals surface area contributed by atoms with Gasteiger partial charge >= 0.3 is 0 Å². The topological polar surface area (TPSA) is 21.3 Å². The van der Waals surface area contributed by atoms with Crippen LogP contribution in [0.3, 0.4) is 0 Å². The minimum Gasteiger partial charge on any atom is -0.497 e. The predicted octanol–water partition coefficient (Wildman–Crippen LogP) is 4.38. The number of likely N-dealkylation sites (N-methyl/N-ethyl adjacent to an activating group) is 1. The Morgan fingerprint density at radius 2 is 1.90 bits per heavy atom. The number of nitrogens with one attached hydrogen (secondary N) is 1. The van der Waals surface area contributed by atoms with E-state index in [4.69, 9.17) is 16.3 Å². The predicted molar refractivity (Wildman–Crippen MR) is 84.5 cm³/mol. The first-order valence-corrected chi connectivity index (χ1v) is 7.33. The molecule has 0 fully saturated rings. The summed E-state index contributed by atoms with van der Waals surface area (Å²) in [6.45, 7) is 2.88. The molecule has 0 radical (unpaired) electrons. The third-order valence-electron chi connectivity index (χ3n) is 3.39. The van der Waals surface area contributed by atoms with E-state index in [1.54, 1.807) is 19.2 Å². The van der Waals surface area contributed by atoms with Gasteiger partial charge in [-0.1, -0.05) is 36.7 Å². The van der Waals surface area contributed by atoms with Crippen molar-refractivity contribution in [1.29, 1.82) is 0 Å². The van der Waals surface area contributed by atoms with E-state index in [1.165, 1.54) is 12.1 Å². The van der Waals surface area contributed by atoms with Crippen LogP contribution >= 0.6 is 11.6 Å². The van der Waals surface area contributed by atoms with Crippen LogP contribution in [0.25, 0.3) is 0 Å². The molecular weight excluding hydrogens is 289 g/mol. The second kappa shape index (κ2) is 7.43. The zero-order valence-electron chi connectivity index (χ0n) is 12.2. The first kappa shape index (κ1) is 15.8. The second-order valence-corrected chi connectivity index (χ2v) is 5.24. The zero-order valence-corrected chi connectivity index (χ0v) is 13.0. The van der Waals surface area contributed by atoms with Crippen LogP contribution in [0.15, 0.2) is 42.5 Å². The first-order valence-electron chi connectivity index (χ1n) is 6.95. The SMILES string of the molecule is CCNC(Cc1ccc(F)cc1)c1ccc(OC)cc1Cl. The van der Waals surface area contributed by atoms with E-state index < -0.39 is 0 Å². The third kappa shape index (κ3) is 4.19. The lowest BCUT2D eigenvalue weighted by atomic mass is 9.98. The molecule has 0 saturated heterocycles. The molecule has 0 spiro atoms. The average Bonchev–Trinajstić information content (AvgIpc) is 2.49. The van der Waals surface area contributed by atoms with Crippen LogP contribution in [0.2, 0.25) is 5.02 Å². The molecular formula is C17H19ClFNO. The monoisotopic (exact) mass is 307 g/mol. The van der Waals surface area contributed by atoms with Crippen LogP contribution in [0.5, 0.6) is 5.75 Å². The molecule has 1 N–H and O–H groups in total. The number of rotatable bonds is 6. The molecule has 0 bridgehead atoms. The summed E-state index contributed by atoms with van der Waals surface area (Å²) in [5, 5.41) is 4.09. The minimum absolute atomic E-state index is 0.0823. The summed E-state index contributed by atoms with van der Waals surface area (Å²) in [4.78, 5) is 0. The molecule has 0 aliphatic carbocycles. The minimum atomic E-state index is -0.221. The average molecular weight is 308 g/mol. The second-order valence-electron chi connectivity index (χ2n) is 4.83. The van der Waals surface area contributed by atoms with E-state index in [2.05, 4.69) is 12.2 Å². The van der Waals surface area contributed by atoms with Crippen LogP contribution in [0.1, 0.15) is 24.1 Å². The summed E-state index contributed by atoms with van der Waals surface area (Å²) in [5.41, 5.74) is 2.08. The number of benzene rings is 2. The van der Waals surface area contributed by atoms with E-state index in [0.29, 0.717) is 5.02 Å². The first-order chi connectivity index (χ1) is 10.1. The number of ether oxygens (including phenoxy) is 1. The molecule has 0 saturated carbocycles. The van der Waals surface area contributed by atoms with Crippen molar-refractivity contribution in [2.24, 2.45) is 0 Å². The van der Waals surface area contributed by atoms with Crippen LogP contribution in [0.4, 0.5) is 4.39 Å². The van der Waals surface area contributed by atoms with Gasteiger partial charge in [-0.3, -0.25) is 0 Å². The highest BCUT2D eigenvalue weighted by molar-refractivity contribution is 6.31. The van der Waals surface area contributed by atoms with Crippen molar-refractivity contribution in [2.45, 2.75) is 19.4 Å². The van der Waals surface area contributed by atoms with Crippen LogP contribution in [-0.2, 0) is 6.42 Å². The number of methoxy groups -OCH3 is 1. The fraction of sp³-hybridized carbons (Fsp3) is 0.294. The maximum atomic E-state index is 13.0. The molecule has 112 valence electrons. The maximum absolute atomic E-state index is 13.0. The van der Waals surface area contributed by atoms with Gasteiger partial charge in [-0.05, 0) is 48.4 Å². The van der Waals surface area contributed by atoms with Gasteiger partial charge in [0.25, 0.3) is 0 Å². The number of hydrogen-bond acceptors (Lipinski definition) is 2. The summed E-state index contributed by atoms with van der Waals surface area (Å²) >= 11 is 6.35. The van der Waals surface area contributed by atoms with Crippen molar-refractivity contribution < 1.29 is 9.13 Å². The smallest absolute Gasteiger partial charge is 0.123 e. The summed E-state index contributed by atoms with van der Waals surface area (Å²) in [7, 11) is 1.62. The Morgan fingerprint density at radius 1 is 1.19 bits per heavy atom. The van der Waals surface area contributed by atoms with E-state index in [-0.39, 0.29) is 11.9 Å². The molecule has 2 aromatic carbocycles. The lowest BCUT2D eigenvalue weighted by Crippen LogP contribution is -2.23. The Labute approximate surface area is 129 Å². The summed E-state index contributed by atoms with van der Waals surface area (Å²) in [6, 6.07) is 12.3. The van der Waals surface area contributed by atoms with Crippen LogP contribution in [0, 0.1) is 5.82 Å². The highest BCUT2D eigenvalue weighted by atomic mass is 35.5. The molecule has 1 unspecified atom stereocenters. The molecule has 4 heteroatoms. The fourth-order valence-corrected chi connectivity index (χ4v) is 2.61. The summed E-state index contributed by atoms with van der Waals surface area (Å²) in [6.07, 6.45) is 0.750. The van der Waals surface area contributed by atoms with Crippen molar-refractivity contribution in [3.63, 3.8) is 0 Å². The Hall–Kier alpha value is -1.58. The highest BCUT2D eigenvalue weighted by Gasteiger charge is 2.15. The Morgan fingerprint density at radius 3 is 2.48 bits per heavy atom. The molecule has 0 aliphatic heterocycles. The Kier molecular flexibility index (Phi) is 5.59. The van der Waals surface area contributed by atoms with Crippen molar-refractivity contribution in [3.8, 4) is 5.75 Å². The molecule has 2 rings (SSSR count). The zero-order chi connectivity index (χ0) is 15.2. The quantitative estimate of drug-likeness (QED) is 0.855. The van der Waals surface area contributed by atoms with E-state index in [0.717, 1.165) is 29.8 Å². The molecule has 1 atom stereocenters. The largest absolute Gasteiger partial charge is 0.497 e. The van der Waals surface area contributed by atoms with Gasteiger partial charge in [-0.15, -0.1) is 0 Å².